The molecule has 2 aromatic rings. The van der Waals surface area contributed by atoms with Crippen molar-refractivity contribution in [3.05, 3.63) is 75.3 Å². The number of rotatable bonds is 3. The van der Waals surface area contributed by atoms with Gasteiger partial charge in [-0.25, -0.2) is 0 Å². The molecule has 0 bridgehead atoms. The highest BCUT2D eigenvalue weighted by atomic mass is 35.5. The van der Waals surface area contributed by atoms with E-state index in [2.05, 4.69) is 17.0 Å². The van der Waals surface area contributed by atoms with Crippen molar-refractivity contribution >= 4 is 35.1 Å². The van der Waals surface area contributed by atoms with Gasteiger partial charge in [-0.3, -0.25) is 9.69 Å². The predicted octanol–water partition coefficient (Wildman–Crippen LogP) is 4.85. The molecule has 0 atom stereocenters. The normalized spacial score (nSPS) is 17.7. The molecule has 1 heterocycles. The van der Waals surface area contributed by atoms with Crippen molar-refractivity contribution in [2.24, 2.45) is 0 Å². The Bertz CT molecular complexity index is 740. The standard InChI is InChI=1S/C19H17Cl2NO/c20-17-7-6-15(11-18(17)21)10-16-13-22(9-8-19(16)23)12-14-4-2-1-3-5-14/h1-7,10-11H,8-9,12-13H2/b16-10+. The molecular weight excluding hydrogens is 329 g/mol. The molecule has 0 amide bonds. The average molecular weight is 346 g/mol. The minimum absolute atomic E-state index is 0.209. The number of hydrogen-bond acceptors (Lipinski definition) is 2. The Kier molecular flexibility index (Phi) is 5.16. The van der Waals surface area contributed by atoms with Crippen molar-refractivity contribution in [2.75, 3.05) is 13.1 Å². The molecule has 1 aliphatic rings. The molecule has 0 radical (unpaired) electrons. The predicted molar refractivity (Wildman–Crippen MR) is 95.8 cm³/mol. The molecule has 0 saturated carbocycles. The highest BCUT2D eigenvalue weighted by molar-refractivity contribution is 6.42. The Morgan fingerprint density at radius 2 is 1.83 bits per heavy atom. The van der Waals surface area contributed by atoms with Crippen LogP contribution in [0.25, 0.3) is 6.08 Å². The van der Waals surface area contributed by atoms with E-state index in [-0.39, 0.29) is 5.78 Å². The number of ketones is 1. The lowest BCUT2D eigenvalue weighted by Gasteiger charge is -2.27. The number of carbonyl (C=O) groups is 1. The first kappa shape index (κ1) is 16.3. The molecule has 2 nitrogen and oxygen atoms in total. The van der Waals surface area contributed by atoms with Gasteiger partial charge in [-0.15, -0.1) is 0 Å². The molecule has 1 fully saturated rings. The SMILES string of the molecule is O=C1CCN(Cc2ccccc2)C/C1=C\c1ccc(Cl)c(Cl)c1. The van der Waals surface area contributed by atoms with Crippen LogP contribution in [0.15, 0.2) is 54.1 Å². The number of piperidine rings is 1. The van der Waals surface area contributed by atoms with Crippen LogP contribution in [0, 0.1) is 0 Å². The number of Topliss-reactive ketones (excluding diaryl/α,β-unsaturated/α-hetero) is 1. The molecule has 118 valence electrons. The topological polar surface area (TPSA) is 20.3 Å². The largest absolute Gasteiger partial charge is 0.294 e. The van der Waals surface area contributed by atoms with Crippen molar-refractivity contribution in [1.82, 2.24) is 4.90 Å². The molecule has 3 rings (SSSR count). The zero-order chi connectivity index (χ0) is 16.2. The highest BCUT2D eigenvalue weighted by Crippen LogP contribution is 2.25. The molecule has 4 heteroatoms. The third kappa shape index (κ3) is 4.23. The van der Waals surface area contributed by atoms with Crippen molar-refractivity contribution < 1.29 is 4.79 Å². The third-order valence-corrected chi connectivity index (χ3v) is 4.68. The Hall–Kier alpha value is -1.61. The number of nitrogens with zero attached hydrogens (tertiary/aromatic N) is 1. The summed E-state index contributed by atoms with van der Waals surface area (Å²) in [6, 6.07) is 15.7. The first-order valence-electron chi connectivity index (χ1n) is 7.57. The van der Waals surface area contributed by atoms with E-state index >= 15 is 0 Å². The van der Waals surface area contributed by atoms with Crippen LogP contribution in [0.5, 0.6) is 0 Å². The van der Waals surface area contributed by atoms with Gasteiger partial charge in [0.1, 0.15) is 0 Å². The van der Waals surface area contributed by atoms with Gasteiger partial charge >= 0.3 is 0 Å². The van der Waals surface area contributed by atoms with E-state index in [1.165, 1.54) is 5.56 Å². The van der Waals surface area contributed by atoms with Gasteiger partial charge in [-0.2, -0.15) is 0 Å². The van der Waals surface area contributed by atoms with E-state index in [1.54, 1.807) is 12.1 Å². The maximum atomic E-state index is 12.2. The van der Waals surface area contributed by atoms with Crippen LogP contribution in [0.1, 0.15) is 17.5 Å². The summed E-state index contributed by atoms with van der Waals surface area (Å²) < 4.78 is 0. The molecule has 0 spiro atoms. The summed E-state index contributed by atoms with van der Waals surface area (Å²) in [5, 5.41) is 1.03. The number of halogens is 2. The molecule has 0 aliphatic carbocycles. The zero-order valence-corrected chi connectivity index (χ0v) is 14.1. The van der Waals surface area contributed by atoms with Gasteiger partial charge in [-0.1, -0.05) is 59.6 Å². The number of carbonyl (C=O) groups excluding carboxylic acids is 1. The van der Waals surface area contributed by atoms with E-state index in [0.717, 1.165) is 24.2 Å². The Balaban J connectivity index is 1.76. The fourth-order valence-electron chi connectivity index (χ4n) is 2.73. The first-order chi connectivity index (χ1) is 11.1. The summed E-state index contributed by atoms with van der Waals surface area (Å²) in [6.45, 7) is 2.31. The summed E-state index contributed by atoms with van der Waals surface area (Å²) in [5.41, 5.74) is 2.99. The van der Waals surface area contributed by atoms with Gasteiger partial charge in [0.05, 0.1) is 10.0 Å². The molecule has 0 N–H and O–H groups in total. The summed E-state index contributed by atoms with van der Waals surface area (Å²) in [5.74, 6) is 0.209. The van der Waals surface area contributed by atoms with Gasteiger partial charge < -0.3 is 0 Å². The Morgan fingerprint density at radius 3 is 2.57 bits per heavy atom. The minimum atomic E-state index is 0.209. The van der Waals surface area contributed by atoms with E-state index in [4.69, 9.17) is 23.2 Å². The van der Waals surface area contributed by atoms with Crippen LogP contribution < -0.4 is 0 Å². The van der Waals surface area contributed by atoms with Gasteiger partial charge in [0.15, 0.2) is 5.78 Å². The Labute approximate surface area is 146 Å². The van der Waals surface area contributed by atoms with Crippen LogP contribution in [0.3, 0.4) is 0 Å². The van der Waals surface area contributed by atoms with Gasteiger partial charge in [0.25, 0.3) is 0 Å². The van der Waals surface area contributed by atoms with Crippen molar-refractivity contribution in [2.45, 2.75) is 13.0 Å². The Morgan fingerprint density at radius 1 is 1.04 bits per heavy atom. The second kappa shape index (κ2) is 7.31. The van der Waals surface area contributed by atoms with Crippen LogP contribution in [0.2, 0.25) is 10.0 Å². The summed E-state index contributed by atoms with van der Waals surface area (Å²) in [4.78, 5) is 14.5. The monoisotopic (exact) mass is 345 g/mol. The summed E-state index contributed by atoms with van der Waals surface area (Å²) in [7, 11) is 0. The molecular formula is C19H17Cl2NO. The molecule has 1 aliphatic heterocycles. The molecule has 23 heavy (non-hydrogen) atoms. The first-order valence-corrected chi connectivity index (χ1v) is 8.32. The van der Waals surface area contributed by atoms with Gasteiger partial charge in [0.2, 0.25) is 0 Å². The van der Waals surface area contributed by atoms with Gasteiger partial charge in [-0.05, 0) is 29.3 Å². The van der Waals surface area contributed by atoms with E-state index in [1.807, 2.05) is 30.3 Å². The van der Waals surface area contributed by atoms with Crippen molar-refractivity contribution in [3.8, 4) is 0 Å². The molecule has 1 saturated heterocycles. The maximum absolute atomic E-state index is 12.2. The zero-order valence-electron chi connectivity index (χ0n) is 12.6. The fraction of sp³-hybridized carbons (Fsp3) is 0.211. The van der Waals surface area contributed by atoms with E-state index in [0.29, 0.717) is 23.0 Å². The van der Waals surface area contributed by atoms with Crippen LogP contribution in [-0.4, -0.2) is 23.8 Å². The molecule has 0 aromatic heterocycles. The van der Waals surface area contributed by atoms with Crippen LogP contribution in [-0.2, 0) is 11.3 Å². The second-order valence-corrected chi connectivity index (χ2v) is 6.53. The highest BCUT2D eigenvalue weighted by Gasteiger charge is 2.21. The second-order valence-electron chi connectivity index (χ2n) is 5.71. The van der Waals surface area contributed by atoms with Crippen molar-refractivity contribution in [3.63, 3.8) is 0 Å². The van der Waals surface area contributed by atoms with Crippen LogP contribution >= 0.6 is 23.2 Å². The summed E-state index contributed by atoms with van der Waals surface area (Å²) >= 11 is 12.0. The number of benzene rings is 2. The number of likely N-dealkylation sites (tertiary alicyclic amines) is 1. The summed E-state index contributed by atoms with van der Waals surface area (Å²) in [6.07, 6.45) is 2.47. The van der Waals surface area contributed by atoms with Crippen LogP contribution in [0.4, 0.5) is 0 Å². The smallest absolute Gasteiger partial charge is 0.161 e. The van der Waals surface area contributed by atoms with Crippen molar-refractivity contribution in [1.29, 1.82) is 0 Å². The lowest BCUT2D eigenvalue weighted by atomic mass is 10.00. The van der Waals surface area contributed by atoms with E-state index < -0.39 is 0 Å². The molecule has 2 aromatic carbocycles. The third-order valence-electron chi connectivity index (χ3n) is 3.94. The minimum Gasteiger partial charge on any atom is -0.294 e. The average Bonchev–Trinajstić information content (AvgIpc) is 2.55. The van der Waals surface area contributed by atoms with E-state index in [9.17, 15) is 4.79 Å². The molecule has 0 unspecified atom stereocenters. The quantitative estimate of drug-likeness (QED) is 0.741. The maximum Gasteiger partial charge on any atom is 0.161 e. The lowest BCUT2D eigenvalue weighted by Crippen LogP contribution is -2.35. The fourth-order valence-corrected chi connectivity index (χ4v) is 3.04. The number of hydrogen-bond donors (Lipinski definition) is 0. The van der Waals surface area contributed by atoms with Gasteiger partial charge in [0, 0.05) is 31.6 Å². The lowest BCUT2D eigenvalue weighted by molar-refractivity contribution is -0.117.